The molecule has 2 bridgehead atoms. The van der Waals surface area contributed by atoms with Crippen molar-refractivity contribution in [3.8, 4) is 0 Å². The van der Waals surface area contributed by atoms with E-state index in [1.165, 1.54) is 4.90 Å². The van der Waals surface area contributed by atoms with E-state index in [1.54, 1.807) is 9.80 Å². The average Bonchev–Trinajstić information content (AvgIpc) is 3.23. The quantitative estimate of drug-likeness (QED) is 0.503. The third-order valence-corrected chi connectivity index (χ3v) is 7.51. The van der Waals surface area contributed by atoms with Crippen LogP contribution in [0.1, 0.15) is 37.7 Å². The van der Waals surface area contributed by atoms with Gasteiger partial charge in [-0.1, -0.05) is 73.7 Å². The fraction of sp³-hybridized carbons (Fsp3) is 0.300. The van der Waals surface area contributed by atoms with E-state index in [0.29, 0.717) is 30.6 Å². The van der Waals surface area contributed by atoms with E-state index in [-0.39, 0.29) is 24.4 Å². The topological polar surface area (TPSA) is 81.2 Å². The van der Waals surface area contributed by atoms with Gasteiger partial charge in [-0.2, -0.15) is 0 Å². The first-order valence-corrected chi connectivity index (χ1v) is 12.8. The number of carboxylic acids is 1. The molecule has 3 amide bonds. The molecular weight excluding hydrogens is 466 g/mol. The van der Waals surface area contributed by atoms with E-state index in [4.69, 9.17) is 0 Å². The van der Waals surface area contributed by atoms with Crippen molar-refractivity contribution >= 4 is 29.3 Å². The molecule has 3 aromatic rings. The number of benzene rings is 3. The van der Waals surface area contributed by atoms with Gasteiger partial charge in [-0.3, -0.25) is 9.69 Å². The van der Waals surface area contributed by atoms with Gasteiger partial charge in [-0.05, 0) is 48.6 Å². The third kappa shape index (κ3) is 4.81. The average molecular weight is 498 g/mol. The number of rotatable bonds is 6. The van der Waals surface area contributed by atoms with Crippen LogP contribution >= 0.6 is 0 Å². The molecule has 1 N–H and O–H groups in total. The Morgan fingerprint density at radius 2 is 1.41 bits per heavy atom. The van der Waals surface area contributed by atoms with Crippen LogP contribution in [0.15, 0.2) is 91.0 Å². The Bertz CT molecular complexity index is 1210. The van der Waals surface area contributed by atoms with Crippen LogP contribution in [0.25, 0.3) is 0 Å². The van der Waals surface area contributed by atoms with E-state index < -0.39 is 24.1 Å². The predicted octanol–water partition coefficient (Wildman–Crippen LogP) is 5.27. The smallest absolute Gasteiger partial charge is 0.329 e. The molecule has 1 unspecified atom stereocenters. The second-order valence-corrected chi connectivity index (χ2v) is 9.84. The lowest BCUT2D eigenvalue weighted by atomic mass is 9.95. The number of carboxylic acid groups (broad SMARTS) is 1. The largest absolute Gasteiger partial charge is 0.480 e. The van der Waals surface area contributed by atoms with E-state index in [9.17, 15) is 19.5 Å². The standard InChI is InChI=1S/C30H31N3O4/c1-21(22-11-5-2-6-12-22)19-27(34)33-25-17-18-26(33)28(29(35)36)31(20-25)30(37)32(23-13-7-3-8-14-23)24-15-9-4-10-16-24/h2-16,21,25-26,28H,17-20H2,1H3,(H,35,36)/t21?,25-,26+,28-/m0/s1. The molecule has 2 saturated heterocycles. The highest BCUT2D eigenvalue weighted by atomic mass is 16.4. The van der Waals surface area contributed by atoms with Crippen LogP contribution in [0.3, 0.4) is 0 Å². The van der Waals surface area contributed by atoms with E-state index >= 15 is 0 Å². The Balaban J connectivity index is 1.42. The van der Waals surface area contributed by atoms with Crippen molar-refractivity contribution in [3.05, 3.63) is 96.6 Å². The Kier molecular flexibility index (Phi) is 6.95. The first-order valence-electron chi connectivity index (χ1n) is 12.8. The summed E-state index contributed by atoms with van der Waals surface area (Å²) in [6, 6.07) is 26.1. The highest BCUT2D eigenvalue weighted by Crippen LogP contribution is 2.38. The Morgan fingerprint density at radius 3 is 1.95 bits per heavy atom. The van der Waals surface area contributed by atoms with Crippen molar-refractivity contribution in [2.75, 3.05) is 11.4 Å². The number of piperazine rings is 1. The summed E-state index contributed by atoms with van der Waals surface area (Å²) in [5.41, 5.74) is 2.39. The molecule has 0 spiro atoms. The molecule has 2 aliphatic rings. The van der Waals surface area contributed by atoms with Gasteiger partial charge in [-0.15, -0.1) is 0 Å². The van der Waals surface area contributed by atoms with Gasteiger partial charge in [0.2, 0.25) is 5.91 Å². The highest BCUT2D eigenvalue weighted by Gasteiger charge is 2.53. The van der Waals surface area contributed by atoms with Crippen LogP contribution in [0.5, 0.6) is 0 Å². The SMILES string of the molecule is CC(CC(=O)N1[C@H]2CC[C@@H]1[C@@H](C(=O)O)N(C(=O)N(c1ccccc1)c1ccccc1)C2)c1ccccc1. The number of para-hydroxylation sites is 2. The number of likely N-dealkylation sites (tertiary alicyclic amines) is 1. The van der Waals surface area contributed by atoms with Crippen molar-refractivity contribution in [2.45, 2.75) is 50.2 Å². The van der Waals surface area contributed by atoms with Crippen molar-refractivity contribution in [3.63, 3.8) is 0 Å². The summed E-state index contributed by atoms with van der Waals surface area (Å²) in [6.07, 6.45) is 1.55. The summed E-state index contributed by atoms with van der Waals surface area (Å²) >= 11 is 0. The monoisotopic (exact) mass is 497 g/mol. The lowest BCUT2D eigenvalue weighted by molar-refractivity contribution is -0.151. The van der Waals surface area contributed by atoms with Gasteiger partial charge in [0.1, 0.15) is 0 Å². The molecule has 2 heterocycles. The second-order valence-electron chi connectivity index (χ2n) is 9.84. The number of nitrogens with zero attached hydrogens (tertiary/aromatic N) is 3. The summed E-state index contributed by atoms with van der Waals surface area (Å²) in [5, 5.41) is 10.3. The number of carbonyl (C=O) groups excluding carboxylic acids is 2. The first kappa shape index (κ1) is 24.6. The molecule has 0 aliphatic carbocycles. The van der Waals surface area contributed by atoms with E-state index in [2.05, 4.69) is 0 Å². The number of hydrogen-bond acceptors (Lipinski definition) is 3. The molecule has 2 fully saturated rings. The minimum Gasteiger partial charge on any atom is -0.480 e. The molecule has 7 nitrogen and oxygen atoms in total. The lowest BCUT2D eigenvalue weighted by Crippen LogP contribution is -2.66. The highest BCUT2D eigenvalue weighted by molar-refractivity contribution is 6.01. The number of anilines is 2. The maximum absolute atomic E-state index is 14.1. The van der Waals surface area contributed by atoms with Crippen LogP contribution in [0, 0.1) is 0 Å². The minimum absolute atomic E-state index is 0.0164. The summed E-state index contributed by atoms with van der Waals surface area (Å²) < 4.78 is 0. The van der Waals surface area contributed by atoms with Gasteiger partial charge in [0.15, 0.2) is 6.04 Å². The fourth-order valence-electron chi connectivity index (χ4n) is 5.75. The summed E-state index contributed by atoms with van der Waals surface area (Å²) in [6.45, 7) is 2.20. The van der Waals surface area contributed by atoms with Crippen molar-refractivity contribution in [1.29, 1.82) is 0 Å². The molecule has 3 aromatic carbocycles. The van der Waals surface area contributed by atoms with Crippen molar-refractivity contribution < 1.29 is 19.5 Å². The number of hydrogen-bond donors (Lipinski definition) is 1. The number of urea groups is 1. The van der Waals surface area contributed by atoms with E-state index in [0.717, 1.165) is 5.56 Å². The van der Waals surface area contributed by atoms with Crippen LogP contribution in [0.2, 0.25) is 0 Å². The molecule has 4 atom stereocenters. The summed E-state index contributed by atoms with van der Waals surface area (Å²) in [4.78, 5) is 44.9. The summed E-state index contributed by atoms with van der Waals surface area (Å²) in [7, 11) is 0. The van der Waals surface area contributed by atoms with Crippen molar-refractivity contribution in [2.24, 2.45) is 0 Å². The Morgan fingerprint density at radius 1 is 0.865 bits per heavy atom. The maximum atomic E-state index is 14.1. The predicted molar refractivity (Wildman–Crippen MR) is 142 cm³/mol. The van der Waals surface area contributed by atoms with Crippen LogP contribution in [0.4, 0.5) is 16.2 Å². The minimum atomic E-state index is -1.11. The van der Waals surface area contributed by atoms with Gasteiger partial charge < -0.3 is 14.9 Å². The molecule has 5 rings (SSSR count). The summed E-state index contributed by atoms with van der Waals surface area (Å²) in [5.74, 6) is -1.12. The number of amides is 3. The zero-order valence-electron chi connectivity index (χ0n) is 20.8. The molecule has 37 heavy (non-hydrogen) atoms. The molecule has 0 radical (unpaired) electrons. The fourth-order valence-corrected chi connectivity index (χ4v) is 5.75. The van der Waals surface area contributed by atoms with Gasteiger partial charge in [0.25, 0.3) is 0 Å². The normalized spacial score (nSPS) is 21.4. The van der Waals surface area contributed by atoms with Crippen LogP contribution < -0.4 is 4.90 Å². The van der Waals surface area contributed by atoms with Gasteiger partial charge >= 0.3 is 12.0 Å². The Hall–Kier alpha value is -4.13. The van der Waals surface area contributed by atoms with Crippen LogP contribution in [-0.4, -0.2) is 57.5 Å². The third-order valence-electron chi connectivity index (χ3n) is 7.51. The first-order chi connectivity index (χ1) is 18.0. The zero-order chi connectivity index (χ0) is 25.9. The van der Waals surface area contributed by atoms with Crippen LogP contribution in [-0.2, 0) is 9.59 Å². The second kappa shape index (κ2) is 10.5. The maximum Gasteiger partial charge on any atom is 0.329 e. The molecule has 190 valence electrons. The Labute approximate surface area is 216 Å². The zero-order valence-corrected chi connectivity index (χ0v) is 20.8. The number of aliphatic carboxylic acids is 1. The van der Waals surface area contributed by atoms with E-state index in [1.807, 2.05) is 97.9 Å². The number of carbonyl (C=O) groups is 3. The lowest BCUT2D eigenvalue weighted by Gasteiger charge is -2.46. The van der Waals surface area contributed by atoms with Crippen molar-refractivity contribution in [1.82, 2.24) is 9.80 Å². The van der Waals surface area contributed by atoms with Gasteiger partial charge in [0, 0.05) is 19.0 Å². The van der Waals surface area contributed by atoms with Gasteiger partial charge in [-0.25, -0.2) is 9.59 Å². The molecule has 0 aromatic heterocycles. The molecule has 2 aliphatic heterocycles. The molecule has 7 heteroatoms. The molecular formula is C30H31N3O4. The van der Waals surface area contributed by atoms with Gasteiger partial charge in [0.05, 0.1) is 17.4 Å². The molecule has 0 saturated carbocycles. The number of fused-ring (bicyclic) bond motifs is 2.